The largest absolute Gasteiger partial charge is 0.478 e. The first-order valence-corrected chi connectivity index (χ1v) is 11.0. The van der Waals surface area contributed by atoms with E-state index >= 15 is 0 Å². The minimum Gasteiger partial charge on any atom is -0.478 e. The van der Waals surface area contributed by atoms with Crippen molar-refractivity contribution in [1.29, 1.82) is 0 Å². The Balaban J connectivity index is 1.87. The van der Waals surface area contributed by atoms with Crippen LogP contribution in [-0.4, -0.2) is 45.8 Å². The molecule has 1 aromatic heterocycles. The summed E-state index contributed by atoms with van der Waals surface area (Å²) in [6, 6.07) is 17.1. The number of rotatable bonds is 5. The number of carbonyl (C=O) groups excluding carboxylic acids is 1. The molecule has 1 amide bonds. The van der Waals surface area contributed by atoms with Crippen molar-refractivity contribution in [2.75, 3.05) is 14.1 Å². The molecule has 1 heterocycles. The second-order valence-corrected chi connectivity index (χ2v) is 9.05. The number of hydrogen-bond donors (Lipinski definition) is 1. The number of fused-ring (bicyclic) bond motifs is 1. The summed E-state index contributed by atoms with van der Waals surface area (Å²) in [5.41, 5.74) is 2.19. The topological polar surface area (TPSA) is 75.4 Å². The molecule has 0 unspecified atom stereocenters. The lowest BCUT2D eigenvalue weighted by Crippen LogP contribution is -2.21. The van der Waals surface area contributed by atoms with E-state index < -0.39 is 5.97 Å². The van der Waals surface area contributed by atoms with E-state index in [4.69, 9.17) is 28.3 Å². The van der Waals surface area contributed by atoms with Crippen LogP contribution in [0.1, 0.15) is 20.7 Å². The van der Waals surface area contributed by atoms with Gasteiger partial charge in [-0.2, -0.15) is 5.10 Å². The number of halogens is 2. The van der Waals surface area contributed by atoms with Crippen LogP contribution in [0, 0.1) is 0 Å². The van der Waals surface area contributed by atoms with E-state index in [0.717, 1.165) is 15.8 Å². The standard InChI is InChI=1S/C23H17Cl2N3O3S/c1-27(2)22(29)14-5-9-19-17(11-14)21(32-20-10-6-15(24)12-18(20)25)26-28(19)16-7-3-13(4-8-16)23(30)31/h3-12H,1-2H3,(H,30,31). The van der Waals surface area contributed by atoms with Gasteiger partial charge in [-0.1, -0.05) is 35.0 Å². The monoisotopic (exact) mass is 485 g/mol. The maximum atomic E-state index is 12.5. The number of hydrogen-bond acceptors (Lipinski definition) is 4. The van der Waals surface area contributed by atoms with Crippen molar-refractivity contribution < 1.29 is 14.7 Å². The maximum absolute atomic E-state index is 12.5. The zero-order valence-electron chi connectivity index (χ0n) is 17.0. The van der Waals surface area contributed by atoms with Crippen molar-refractivity contribution in [1.82, 2.24) is 14.7 Å². The Hall–Kier alpha value is -3.00. The number of nitrogens with zero attached hydrogens (tertiary/aromatic N) is 3. The highest BCUT2D eigenvalue weighted by Gasteiger charge is 2.18. The zero-order valence-corrected chi connectivity index (χ0v) is 19.4. The molecule has 0 atom stereocenters. The molecule has 9 heteroatoms. The van der Waals surface area contributed by atoms with Crippen LogP contribution in [-0.2, 0) is 0 Å². The molecule has 32 heavy (non-hydrogen) atoms. The van der Waals surface area contributed by atoms with E-state index in [-0.39, 0.29) is 11.5 Å². The van der Waals surface area contributed by atoms with Crippen molar-refractivity contribution >= 4 is 57.7 Å². The predicted octanol–water partition coefficient (Wildman–Crippen LogP) is 5.88. The summed E-state index contributed by atoms with van der Waals surface area (Å²) in [7, 11) is 3.40. The molecule has 0 aliphatic heterocycles. The second kappa shape index (κ2) is 8.86. The fraction of sp³-hybridized carbons (Fsp3) is 0.0870. The van der Waals surface area contributed by atoms with Crippen LogP contribution in [0.2, 0.25) is 10.0 Å². The smallest absolute Gasteiger partial charge is 0.335 e. The van der Waals surface area contributed by atoms with Crippen LogP contribution >= 0.6 is 35.0 Å². The average molecular weight is 486 g/mol. The molecule has 4 rings (SSSR count). The van der Waals surface area contributed by atoms with Crippen molar-refractivity contribution in [3.63, 3.8) is 0 Å². The van der Waals surface area contributed by atoms with Crippen molar-refractivity contribution in [2.24, 2.45) is 0 Å². The van der Waals surface area contributed by atoms with Gasteiger partial charge < -0.3 is 10.0 Å². The molecule has 0 saturated carbocycles. The Kier molecular flexibility index (Phi) is 6.15. The van der Waals surface area contributed by atoms with Crippen molar-refractivity contribution in [3.8, 4) is 5.69 Å². The Morgan fingerprint density at radius 1 is 0.969 bits per heavy atom. The number of carboxylic acid groups (broad SMARTS) is 1. The van der Waals surface area contributed by atoms with Crippen LogP contribution in [0.5, 0.6) is 0 Å². The summed E-state index contributed by atoms with van der Waals surface area (Å²) in [5.74, 6) is -1.12. The van der Waals surface area contributed by atoms with E-state index in [9.17, 15) is 14.7 Å². The molecule has 162 valence electrons. The van der Waals surface area contributed by atoms with E-state index in [0.29, 0.717) is 26.3 Å². The first-order chi connectivity index (χ1) is 15.2. The first kappa shape index (κ1) is 22.2. The van der Waals surface area contributed by atoms with Gasteiger partial charge in [-0.25, -0.2) is 9.48 Å². The van der Waals surface area contributed by atoms with Gasteiger partial charge in [0.1, 0.15) is 5.03 Å². The number of carboxylic acids is 1. The lowest BCUT2D eigenvalue weighted by molar-refractivity contribution is 0.0696. The van der Waals surface area contributed by atoms with E-state index in [1.165, 1.54) is 28.8 Å². The molecular formula is C23H17Cl2N3O3S. The van der Waals surface area contributed by atoms with Gasteiger partial charge in [0.15, 0.2) is 0 Å². The number of amides is 1. The van der Waals surface area contributed by atoms with Crippen LogP contribution in [0.15, 0.2) is 70.6 Å². The Morgan fingerprint density at radius 3 is 2.28 bits per heavy atom. The Bertz CT molecular complexity index is 1350. The third-order valence-electron chi connectivity index (χ3n) is 4.76. The predicted molar refractivity (Wildman–Crippen MR) is 127 cm³/mol. The van der Waals surface area contributed by atoms with Crippen LogP contribution in [0.4, 0.5) is 0 Å². The van der Waals surface area contributed by atoms with E-state index in [1.54, 1.807) is 55.2 Å². The van der Waals surface area contributed by atoms with Gasteiger partial charge >= 0.3 is 5.97 Å². The van der Waals surface area contributed by atoms with Crippen molar-refractivity contribution in [2.45, 2.75) is 9.92 Å². The van der Waals surface area contributed by atoms with E-state index in [1.807, 2.05) is 12.1 Å². The van der Waals surface area contributed by atoms with Crippen LogP contribution < -0.4 is 0 Å². The highest BCUT2D eigenvalue weighted by atomic mass is 35.5. The quantitative estimate of drug-likeness (QED) is 0.381. The minimum absolute atomic E-state index is 0.120. The highest BCUT2D eigenvalue weighted by molar-refractivity contribution is 7.99. The normalized spacial score (nSPS) is 11.0. The molecule has 3 aromatic carbocycles. The van der Waals surface area contributed by atoms with Gasteiger partial charge in [0.05, 0.1) is 21.8 Å². The number of carbonyl (C=O) groups is 2. The highest BCUT2D eigenvalue weighted by Crippen LogP contribution is 2.38. The summed E-state index contributed by atoms with van der Waals surface area (Å²) >= 11 is 13.8. The molecule has 0 fully saturated rings. The average Bonchev–Trinajstić information content (AvgIpc) is 3.12. The second-order valence-electron chi connectivity index (χ2n) is 7.18. The fourth-order valence-corrected chi connectivity index (χ4v) is 4.58. The Morgan fingerprint density at radius 2 is 1.66 bits per heavy atom. The minimum atomic E-state index is -0.998. The number of aromatic carboxylic acids is 1. The summed E-state index contributed by atoms with van der Waals surface area (Å²) in [6.45, 7) is 0. The van der Waals surface area contributed by atoms with Crippen molar-refractivity contribution in [3.05, 3.63) is 81.8 Å². The lowest BCUT2D eigenvalue weighted by atomic mass is 10.1. The molecule has 0 aliphatic rings. The molecule has 1 N–H and O–H groups in total. The van der Waals surface area contributed by atoms with Gasteiger partial charge in [-0.15, -0.1) is 0 Å². The zero-order chi connectivity index (χ0) is 23.0. The molecule has 0 bridgehead atoms. The van der Waals surface area contributed by atoms with E-state index in [2.05, 4.69) is 0 Å². The maximum Gasteiger partial charge on any atom is 0.335 e. The lowest BCUT2D eigenvalue weighted by Gasteiger charge is -2.10. The van der Waals surface area contributed by atoms with Gasteiger partial charge in [0, 0.05) is 35.0 Å². The number of aromatic nitrogens is 2. The molecular weight excluding hydrogens is 469 g/mol. The molecule has 0 saturated heterocycles. The Labute approximate surface area is 198 Å². The molecule has 4 aromatic rings. The van der Waals surface area contributed by atoms with Gasteiger partial charge in [-0.05, 0) is 60.7 Å². The van der Waals surface area contributed by atoms with Gasteiger partial charge in [0.2, 0.25) is 0 Å². The third kappa shape index (κ3) is 4.32. The summed E-state index contributed by atoms with van der Waals surface area (Å²) in [5, 5.41) is 16.4. The van der Waals surface area contributed by atoms with Crippen LogP contribution in [0.3, 0.4) is 0 Å². The first-order valence-electron chi connectivity index (χ1n) is 9.45. The SMILES string of the molecule is CN(C)C(=O)c1ccc2c(c1)c(Sc1ccc(Cl)cc1Cl)nn2-c1ccc(C(=O)O)cc1. The summed E-state index contributed by atoms with van der Waals surface area (Å²) in [4.78, 5) is 26.0. The molecule has 0 aliphatic carbocycles. The summed E-state index contributed by atoms with van der Waals surface area (Å²) in [6.07, 6.45) is 0. The van der Waals surface area contributed by atoms with Gasteiger partial charge in [-0.3, -0.25) is 4.79 Å². The molecule has 0 spiro atoms. The molecule has 0 radical (unpaired) electrons. The third-order valence-corrected chi connectivity index (χ3v) is 6.49. The molecule has 6 nitrogen and oxygen atoms in total. The summed E-state index contributed by atoms with van der Waals surface area (Å²) < 4.78 is 1.72. The van der Waals surface area contributed by atoms with Gasteiger partial charge in [0.25, 0.3) is 5.91 Å². The fourth-order valence-electron chi connectivity index (χ4n) is 3.16. The number of benzene rings is 3. The van der Waals surface area contributed by atoms with Crippen LogP contribution in [0.25, 0.3) is 16.6 Å².